The molecule has 0 aliphatic carbocycles. The molecule has 2 aromatic heterocycles. The number of aliphatic hydroxyl groups is 1. The zero-order chi connectivity index (χ0) is 22.2. The van der Waals surface area contributed by atoms with Crippen LogP contribution in [0.3, 0.4) is 0 Å². The third-order valence-electron chi connectivity index (χ3n) is 6.16. The number of anilines is 1. The summed E-state index contributed by atoms with van der Waals surface area (Å²) in [5, 5.41) is 10.9. The molecule has 1 aromatic carbocycles. The number of halogens is 2. The van der Waals surface area contributed by atoms with Crippen LogP contribution in [0, 0.1) is 6.92 Å². The first kappa shape index (κ1) is 22.0. The molecule has 1 aliphatic heterocycles. The molecule has 0 saturated carbocycles. The van der Waals surface area contributed by atoms with Crippen LogP contribution in [-0.4, -0.2) is 39.2 Å². The van der Waals surface area contributed by atoms with Gasteiger partial charge in [0.25, 0.3) is 0 Å². The lowest BCUT2D eigenvalue weighted by Gasteiger charge is -2.42. The maximum atomic E-state index is 10.0. The first-order chi connectivity index (χ1) is 14.9. The van der Waals surface area contributed by atoms with E-state index in [1.54, 1.807) is 18.5 Å². The first-order valence-corrected chi connectivity index (χ1v) is 11.0. The van der Waals surface area contributed by atoms with Gasteiger partial charge in [0.1, 0.15) is 12.0 Å². The minimum Gasteiger partial charge on any atom is -0.448 e. The summed E-state index contributed by atoms with van der Waals surface area (Å²) < 4.78 is 5.63. The van der Waals surface area contributed by atoms with Gasteiger partial charge >= 0.3 is 0 Å². The van der Waals surface area contributed by atoms with Crippen molar-refractivity contribution in [1.82, 2.24) is 15.0 Å². The molecule has 1 fully saturated rings. The molecular weight excluding hydrogens is 437 g/mol. The van der Waals surface area contributed by atoms with Crippen LogP contribution in [0.25, 0.3) is 11.3 Å². The Morgan fingerprint density at radius 2 is 2.00 bits per heavy atom. The van der Waals surface area contributed by atoms with Crippen LogP contribution < -0.4 is 10.6 Å². The third-order valence-corrected chi connectivity index (χ3v) is 6.98. The topological polar surface area (TPSA) is 101 Å². The van der Waals surface area contributed by atoms with Crippen LogP contribution in [0.15, 0.2) is 35.1 Å². The van der Waals surface area contributed by atoms with Gasteiger partial charge in [-0.1, -0.05) is 35.3 Å². The molecule has 9 heteroatoms. The molecule has 31 heavy (non-hydrogen) atoms. The van der Waals surface area contributed by atoms with Crippen LogP contribution in [-0.2, 0) is 12.0 Å². The van der Waals surface area contributed by atoms with E-state index in [9.17, 15) is 5.11 Å². The largest absolute Gasteiger partial charge is 0.448 e. The number of aliphatic hydroxyl groups excluding tert-OH is 1. The maximum Gasteiger partial charge on any atom is 0.201 e. The van der Waals surface area contributed by atoms with Gasteiger partial charge in [0.15, 0.2) is 5.82 Å². The summed E-state index contributed by atoms with van der Waals surface area (Å²) in [5.41, 5.74) is 8.56. The number of rotatable bonds is 5. The summed E-state index contributed by atoms with van der Waals surface area (Å²) in [6.45, 7) is 5.03. The fraction of sp³-hybridized carbons (Fsp3) is 0.409. The minimum atomic E-state index is -0.323. The Bertz CT molecular complexity index is 1060. The van der Waals surface area contributed by atoms with E-state index in [0.717, 1.165) is 12.8 Å². The Hall–Kier alpha value is -2.19. The zero-order valence-electron chi connectivity index (χ0n) is 17.5. The maximum absolute atomic E-state index is 10.0. The highest BCUT2D eigenvalue weighted by atomic mass is 35.5. The molecule has 3 aromatic rings. The molecule has 3 N–H and O–H groups in total. The van der Waals surface area contributed by atoms with E-state index in [0.29, 0.717) is 57.5 Å². The summed E-state index contributed by atoms with van der Waals surface area (Å²) in [6, 6.07) is 5.29. The van der Waals surface area contributed by atoms with Crippen LogP contribution in [0.1, 0.15) is 37.0 Å². The molecule has 1 aliphatic rings. The number of nitrogens with two attached hydrogens (primary N) is 1. The molecule has 1 atom stereocenters. The van der Waals surface area contributed by atoms with Crippen LogP contribution in [0.5, 0.6) is 0 Å². The molecule has 7 nitrogen and oxygen atoms in total. The number of benzene rings is 1. The second-order valence-corrected chi connectivity index (χ2v) is 8.74. The molecule has 164 valence electrons. The summed E-state index contributed by atoms with van der Waals surface area (Å²) in [5.74, 6) is 1.35. The van der Waals surface area contributed by atoms with Gasteiger partial charge in [-0.2, -0.15) is 0 Å². The van der Waals surface area contributed by atoms with Crippen molar-refractivity contribution in [1.29, 1.82) is 0 Å². The average molecular weight is 462 g/mol. The second kappa shape index (κ2) is 8.74. The summed E-state index contributed by atoms with van der Waals surface area (Å²) in [6.07, 6.45) is 4.77. The highest BCUT2D eigenvalue weighted by Crippen LogP contribution is 2.39. The van der Waals surface area contributed by atoms with E-state index in [-0.39, 0.29) is 18.1 Å². The first-order valence-electron chi connectivity index (χ1n) is 10.2. The van der Waals surface area contributed by atoms with Crippen molar-refractivity contribution in [2.75, 3.05) is 18.0 Å². The summed E-state index contributed by atoms with van der Waals surface area (Å²) in [7, 11) is 0. The van der Waals surface area contributed by atoms with Gasteiger partial charge in [-0.3, -0.25) is 0 Å². The van der Waals surface area contributed by atoms with Crippen LogP contribution in [0.2, 0.25) is 10.0 Å². The Balaban J connectivity index is 1.65. The number of piperidine rings is 1. The molecule has 0 bridgehead atoms. The highest BCUT2D eigenvalue weighted by molar-refractivity contribution is 6.43. The number of oxazole rings is 1. The second-order valence-electron chi connectivity index (χ2n) is 7.96. The van der Waals surface area contributed by atoms with E-state index in [4.69, 9.17) is 43.3 Å². The molecule has 0 spiro atoms. The lowest BCUT2D eigenvalue weighted by Crippen LogP contribution is -2.52. The van der Waals surface area contributed by atoms with Crippen LogP contribution in [0.4, 0.5) is 5.82 Å². The number of hydrogen-bond donors (Lipinski definition) is 2. The molecular formula is C22H25Cl2N5O2. The van der Waals surface area contributed by atoms with Gasteiger partial charge < -0.3 is 20.2 Å². The predicted octanol–water partition coefficient (Wildman–Crippen LogP) is 4.12. The van der Waals surface area contributed by atoms with Gasteiger partial charge in [0.05, 0.1) is 39.7 Å². The molecule has 1 saturated heterocycles. The summed E-state index contributed by atoms with van der Waals surface area (Å²) in [4.78, 5) is 16.0. The molecule has 0 amide bonds. The molecule has 0 radical (unpaired) electrons. The Morgan fingerprint density at radius 3 is 2.61 bits per heavy atom. The van der Waals surface area contributed by atoms with Crippen molar-refractivity contribution in [3.8, 4) is 11.3 Å². The van der Waals surface area contributed by atoms with Crippen LogP contribution >= 0.6 is 23.2 Å². The number of aromatic nitrogens is 3. The zero-order valence-corrected chi connectivity index (χ0v) is 19.0. The molecule has 1 unspecified atom stereocenters. The number of nitrogens with zero attached hydrogens (tertiary/aromatic N) is 4. The number of hydrogen-bond acceptors (Lipinski definition) is 7. The van der Waals surface area contributed by atoms with E-state index >= 15 is 0 Å². The van der Waals surface area contributed by atoms with E-state index in [1.807, 2.05) is 26.0 Å². The predicted molar refractivity (Wildman–Crippen MR) is 121 cm³/mol. The number of aryl methyl sites for hydroxylation is 1. The monoisotopic (exact) mass is 461 g/mol. The molecule has 4 rings (SSSR count). The van der Waals surface area contributed by atoms with Gasteiger partial charge in [-0.05, 0) is 32.8 Å². The highest BCUT2D eigenvalue weighted by Gasteiger charge is 2.43. The van der Waals surface area contributed by atoms with E-state index in [2.05, 4.69) is 9.88 Å². The van der Waals surface area contributed by atoms with Crippen molar-refractivity contribution in [3.63, 3.8) is 0 Å². The lowest BCUT2D eigenvalue weighted by molar-refractivity contribution is 0.224. The minimum absolute atomic E-state index is 0.106. The molecule has 3 heterocycles. The Kier molecular flexibility index (Phi) is 6.21. The van der Waals surface area contributed by atoms with Crippen molar-refractivity contribution in [3.05, 3.63) is 58.0 Å². The van der Waals surface area contributed by atoms with Gasteiger partial charge in [0, 0.05) is 24.7 Å². The van der Waals surface area contributed by atoms with E-state index < -0.39 is 0 Å². The summed E-state index contributed by atoms with van der Waals surface area (Å²) >= 11 is 12.6. The standard InChI is InChI=1S/C22H25Cl2N5O2/c1-13-19(15-4-3-5-16(23)18(15)24)28-17(12-30)20(27-13)29-9-6-22(7-10-29,14(2)25)21-26-8-11-31-21/h3-5,8,11,14,30H,6-7,9-10,12,25H2,1-2H3. The Labute approximate surface area is 191 Å². The van der Waals surface area contributed by atoms with Crippen molar-refractivity contribution >= 4 is 29.0 Å². The quantitative estimate of drug-likeness (QED) is 0.588. The average Bonchev–Trinajstić information content (AvgIpc) is 3.31. The van der Waals surface area contributed by atoms with Gasteiger partial charge in [-0.25, -0.2) is 15.0 Å². The smallest absolute Gasteiger partial charge is 0.201 e. The Morgan fingerprint density at radius 1 is 1.26 bits per heavy atom. The normalized spacial score (nSPS) is 17.0. The fourth-order valence-corrected chi connectivity index (χ4v) is 4.68. The van der Waals surface area contributed by atoms with Gasteiger partial charge in [-0.15, -0.1) is 0 Å². The SMILES string of the molecule is Cc1nc(N2CCC(c3ncco3)(C(C)N)CC2)c(CO)nc1-c1cccc(Cl)c1Cl. The van der Waals surface area contributed by atoms with Crippen molar-refractivity contribution in [2.24, 2.45) is 5.73 Å². The third kappa shape index (κ3) is 3.91. The van der Waals surface area contributed by atoms with Crippen molar-refractivity contribution < 1.29 is 9.52 Å². The fourth-order valence-electron chi connectivity index (χ4n) is 4.29. The van der Waals surface area contributed by atoms with E-state index in [1.165, 1.54) is 0 Å². The van der Waals surface area contributed by atoms with Crippen molar-refractivity contribution in [2.45, 2.75) is 44.8 Å². The van der Waals surface area contributed by atoms with Gasteiger partial charge in [0.2, 0.25) is 5.89 Å². The lowest BCUT2D eigenvalue weighted by atomic mass is 9.73.